The Kier molecular flexibility index (Phi) is 4.88. The summed E-state index contributed by atoms with van der Waals surface area (Å²) in [5.74, 6) is 0.602. The van der Waals surface area contributed by atoms with Crippen LogP contribution in [0.3, 0.4) is 0 Å². The summed E-state index contributed by atoms with van der Waals surface area (Å²) in [4.78, 5) is 1.30. The number of alkyl halides is 1. The number of rotatable bonds is 5. The molecular weight excluding hydrogens is 236 g/mol. The van der Waals surface area contributed by atoms with Gasteiger partial charge in [-0.05, 0) is 17.4 Å². The molecule has 1 aromatic heterocycles. The maximum Gasteiger partial charge on any atom is 0.0809 e. The predicted octanol–water partition coefficient (Wildman–Crippen LogP) is 3.30. The number of hydrogen-bond acceptors (Lipinski definition) is 2. The summed E-state index contributed by atoms with van der Waals surface area (Å²) in [6.07, 6.45) is 0. The molecule has 1 rings (SSSR count). The fourth-order valence-corrected chi connectivity index (χ4v) is 1.63. The number of halogens is 1. The van der Waals surface area contributed by atoms with Crippen molar-refractivity contribution in [2.45, 2.75) is 13.5 Å². The first-order valence-electron chi connectivity index (χ1n) is 3.99. The van der Waals surface area contributed by atoms with Gasteiger partial charge in [-0.2, -0.15) is 0 Å². The summed E-state index contributed by atoms with van der Waals surface area (Å²) in [6, 6.07) is 4.15. The van der Waals surface area contributed by atoms with Crippen molar-refractivity contribution in [2.75, 3.05) is 11.9 Å². The topological polar surface area (TPSA) is 9.23 Å². The van der Waals surface area contributed by atoms with Crippen molar-refractivity contribution >= 4 is 27.3 Å². The lowest BCUT2D eigenvalue weighted by Crippen LogP contribution is -2.06. The summed E-state index contributed by atoms with van der Waals surface area (Å²) in [5, 5.41) is 3.09. The molecule has 0 amide bonds. The van der Waals surface area contributed by atoms with Crippen LogP contribution >= 0.6 is 27.3 Å². The zero-order valence-electron chi connectivity index (χ0n) is 7.13. The smallest absolute Gasteiger partial charge is 0.0809 e. The van der Waals surface area contributed by atoms with Gasteiger partial charge in [0.05, 0.1) is 13.2 Å². The van der Waals surface area contributed by atoms with Gasteiger partial charge in [-0.1, -0.05) is 28.9 Å². The van der Waals surface area contributed by atoms with E-state index in [9.17, 15) is 0 Å². The van der Waals surface area contributed by atoms with E-state index in [4.69, 9.17) is 4.74 Å². The van der Waals surface area contributed by atoms with Gasteiger partial charge in [0, 0.05) is 10.2 Å². The van der Waals surface area contributed by atoms with E-state index in [-0.39, 0.29) is 0 Å². The van der Waals surface area contributed by atoms with E-state index in [0.717, 1.165) is 18.5 Å². The average Bonchev–Trinajstić information content (AvgIpc) is 2.57. The number of thiophene rings is 1. The second-order valence-electron chi connectivity index (χ2n) is 2.85. The molecule has 0 aliphatic rings. The Morgan fingerprint density at radius 3 is 3.08 bits per heavy atom. The van der Waals surface area contributed by atoms with E-state index >= 15 is 0 Å². The van der Waals surface area contributed by atoms with Crippen LogP contribution in [0.2, 0.25) is 0 Å². The summed E-state index contributed by atoms with van der Waals surface area (Å²) < 4.78 is 5.51. The van der Waals surface area contributed by atoms with E-state index in [0.29, 0.717) is 5.92 Å². The van der Waals surface area contributed by atoms with Crippen molar-refractivity contribution < 1.29 is 4.74 Å². The van der Waals surface area contributed by atoms with Crippen molar-refractivity contribution in [3.8, 4) is 0 Å². The number of ether oxygens (including phenoxy) is 1. The van der Waals surface area contributed by atoms with Gasteiger partial charge in [-0.25, -0.2) is 0 Å². The molecule has 1 aromatic rings. The van der Waals surface area contributed by atoms with Gasteiger partial charge in [0.25, 0.3) is 0 Å². The Morgan fingerprint density at radius 2 is 2.50 bits per heavy atom. The molecule has 1 heterocycles. The van der Waals surface area contributed by atoms with Crippen LogP contribution < -0.4 is 0 Å². The van der Waals surface area contributed by atoms with E-state index < -0.39 is 0 Å². The molecule has 0 spiro atoms. The molecule has 0 N–H and O–H groups in total. The molecule has 0 aliphatic carbocycles. The molecule has 0 aliphatic heterocycles. The Hall–Kier alpha value is 0.140. The van der Waals surface area contributed by atoms with Gasteiger partial charge < -0.3 is 4.74 Å². The molecule has 0 aromatic carbocycles. The van der Waals surface area contributed by atoms with Crippen molar-refractivity contribution in [3.05, 3.63) is 22.4 Å². The van der Waals surface area contributed by atoms with Gasteiger partial charge in [0.15, 0.2) is 0 Å². The normalized spacial score (nSPS) is 13.2. The van der Waals surface area contributed by atoms with Crippen LogP contribution in [0.1, 0.15) is 11.8 Å². The maximum absolute atomic E-state index is 5.51. The third-order valence-corrected chi connectivity index (χ3v) is 3.45. The lowest BCUT2D eigenvalue weighted by Gasteiger charge is -2.06. The quantitative estimate of drug-likeness (QED) is 0.727. The second-order valence-corrected chi connectivity index (χ2v) is 4.53. The maximum atomic E-state index is 5.51. The van der Waals surface area contributed by atoms with Crippen LogP contribution in [-0.2, 0) is 11.3 Å². The van der Waals surface area contributed by atoms with Crippen LogP contribution in [0, 0.1) is 5.92 Å². The third kappa shape index (κ3) is 3.70. The van der Waals surface area contributed by atoms with E-state index in [1.54, 1.807) is 11.3 Å². The van der Waals surface area contributed by atoms with Crippen LogP contribution in [0.15, 0.2) is 17.5 Å². The fraction of sp³-hybridized carbons (Fsp3) is 0.556. The highest BCUT2D eigenvalue weighted by molar-refractivity contribution is 9.09. The zero-order chi connectivity index (χ0) is 8.81. The van der Waals surface area contributed by atoms with Crippen molar-refractivity contribution in [1.82, 2.24) is 0 Å². The summed E-state index contributed by atoms with van der Waals surface area (Å²) in [6.45, 7) is 3.77. The molecule has 0 fully saturated rings. The van der Waals surface area contributed by atoms with Gasteiger partial charge in [-0.3, -0.25) is 0 Å². The SMILES string of the molecule is CC(CBr)COCc1cccs1. The zero-order valence-corrected chi connectivity index (χ0v) is 9.53. The molecule has 68 valence electrons. The predicted molar refractivity (Wildman–Crippen MR) is 56.9 cm³/mol. The molecule has 0 saturated heterocycles. The van der Waals surface area contributed by atoms with Gasteiger partial charge in [-0.15, -0.1) is 11.3 Å². The standard InChI is InChI=1S/C9H13BrOS/c1-8(5-10)6-11-7-9-3-2-4-12-9/h2-4,8H,5-7H2,1H3. The Bertz CT molecular complexity index is 198. The summed E-state index contributed by atoms with van der Waals surface area (Å²) >= 11 is 5.16. The highest BCUT2D eigenvalue weighted by Crippen LogP contribution is 2.10. The minimum Gasteiger partial charge on any atom is -0.376 e. The summed E-state index contributed by atoms with van der Waals surface area (Å²) in [5.41, 5.74) is 0. The largest absolute Gasteiger partial charge is 0.376 e. The van der Waals surface area contributed by atoms with Crippen LogP contribution in [-0.4, -0.2) is 11.9 Å². The van der Waals surface area contributed by atoms with Crippen LogP contribution in [0.25, 0.3) is 0 Å². The lowest BCUT2D eigenvalue weighted by molar-refractivity contribution is 0.100. The first kappa shape index (κ1) is 10.2. The minimum absolute atomic E-state index is 0.602. The van der Waals surface area contributed by atoms with Gasteiger partial charge in [0.2, 0.25) is 0 Å². The van der Waals surface area contributed by atoms with Gasteiger partial charge >= 0.3 is 0 Å². The Balaban J connectivity index is 2.11. The third-order valence-electron chi connectivity index (χ3n) is 1.49. The Labute approximate surface area is 85.9 Å². The fourth-order valence-electron chi connectivity index (χ4n) is 0.800. The highest BCUT2D eigenvalue weighted by Gasteiger charge is 1.99. The van der Waals surface area contributed by atoms with E-state index in [2.05, 4.69) is 40.4 Å². The average molecular weight is 249 g/mol. The molecule has 1 atom stereocenters. The minimum atomic E-state index is 0.602. The molecule has 1 nitrogen and oxygen atoms in total. The van der Waals surface area contributed by atoms with Gasteiger partial charge in [0.1, 0.15) is 0 Å². The first-order valence-corrected chi connectivity index (χ1v) is 5.99. The monoisotopic (exact) mass is 248 g/mol. The van der Waals surface area contributed by atoms with E-state index in [1.807, 2.05) is 0 Å². The molecule has 0 saturated carbocycles. The van der Waals surface area contributed by atoms with Crippen LogP contribution in [0.5, 0.6) is 0 Å². The van der Waals surface area contributed by atoms with Crippen molar-refractivity contribution in [1.29, 1.82) is 0 Å². The second kappa shape index (κ2) is 5.73. The molecule has 1 unspecified atom stereocenters. The van der Waals surface area contributed by atoms with Crippen molar-refractivity contribution in [3.63, 3.8) is 0 Å². The molecular formula is C9H13BrOS. The molecule has 12 heavy (non-hydrogen) atoms. The molecule has 3 heteroatoms. The highest BCUT2D eigenvalue weighted by atomic mass is 79.9. The molecule has 0 radical (unpaired) electrons. The summed E-state index contributed by atoms with van der Waals surface area (Å²) in [7, 11) is 0. The van der Waals surface area contributed by atoms with Crippen LogP contribution in [0.4, 0.5) is 0 Å². The molecule has 0 bridgehead atoms. The van der Waals surface area contributed by atoms with E-state index in [1.165, 1.54) is 4.88 Å². The van der Waals surface area contributed by atoms with Crippen molar-refractivity contribution in [2.24, 2.45) is 5.92 Å². The number of hydrogen-bond donors (Lipinski definition) is 0. The first-order chi connectivity index (χ1) is 5.83. The lowest BCUT2D eigenvalue weighted by atomic mass is 10.2. The Morgan fingerprint density at radius 1 is 1.67 bits per heavy atom.